The maximum absolute atomic E-state index is 12.3. The molecule has 1 heterocycles. The first kappa shape index (κ1) is 18.5. The van der Waals surface area contributed by atoms with Crippen molar-refractivity contribution in [2.24, 2.45) is 5.73 Å². The van der Waals surface area contributed by atoms with Crippen molar-refractivity contribution in [3.05, 3.63) is 45.4 Å². The van der Waals surface area contributed by atoms with Crippen LogP contribution in [0.4, 0.5) is 5.69 Å². The van der Waals surface area contributed by atoms with Crippen LogP contribution in [-0.2, 0) is 22.6 Å². The Morgan fingerprint density at radius 1 is 1.33 bits per heavy atom. The summed E-state index contributed by atoms with van der Waals surface area (Å²) in [7, 11) is 0. The minimum Gasteiger partial charge on any atom is -0.379 e. The zero-order chi connectivity index (χ0) is 17.4. The highest BCUT2D eigenvalue weighted by Gasteiger charge is 2.12. The number of aromatic nitrogens is 1. The molecular weight excluding hydrogens is 326 g/mol. The van der Waals surface area contributed by atoms with Gasteiger partial charge in [-0.1, -0.05) is 12.1 Å². The molecule has 0 aliphatic rings. The Morgan fingerprint density at radius 3 is 2.83 bits per heavy atom. The number of nitrogens with zero attached hydrogens (tertiary/aromatic N) is 1. The fraction of sp³-hybridized carbons (Fsp3) is 0.412. The fourth-order valence-corrected chi connectivity index (χ4v) is 2.77. The average molecular weight is 349 g/mol. The normalized spacial score (nSPS) is 10.8. The molecule has 0 aliphatic heterocycles. The van der Waals surface area contributed by atoms with Crippen molar-refractivity contribution < 1.29 is 14.3 Å². The second-order valence-corrected chi connectivity index (χ2v) is 6.07. The second-order valence-electron chi connectivity index (χ2n) is 5.12. The van der Waals surface area contributed by atoms with Gasteiger partial charge in [0.15, 0.2) is 0 Å². The third-order valence-electron chi connectivity index (χ3n) is 3.49. The van der Waals surface area contributed by atoms with Gasteiger partial charge in [0.25, 0.3) is 5.91 Å². The van der Waals surface area contributed by atoms with Gasteiger partial charge in [-0.05, 0) is 31.0 Å². The molecule has 0 aliphatic carbocycles. The number of nitrogens with two attached hydrogens (primary N) is 1. The summed E-state index contributed by atoms with van der Waals surface area (Å²) >= 11 is 1.38. The smallest absolute Gasteiger partial charge is 0.275 e. The van der Waals surface area contributed by atoms with Crippen molar-refractivity contribution in [2.75, 3.05) is 25.1 Å². The van der Waals surface area contributed by atoms with Gasteiger partial charge in [-0.3, -0.25) is 4.79 Å². The van der Waals surface area contributed by atoms with Crippen LogP contribution in [0.3, 0.4) is 0 Å². The summed E-state index contributed by atoms with van der Waals surface area (Å²) in [4.78, 5) is 16.5. The van der Waals surface area contributed by atoms with Gasteiger partial charge in [0, 0.05) is 24.2 Å². The van der Waals surface area contributed by atoms with Crippen LogP contribution in [0.5, 0.6) is 0 Å². The van der Waals surface area contributed by atoms with E-state index < -0.39 is 0 Å². The number of ether oxygens (including phenoxy) is 2. The van der Waals surface area contributed by atoms with Gasteiger partial charge in [0.1, 0.15) is 10.7 Å². The van der Waals surface area contributed by atoms with Crippen molar-refractivity contribution >= 4 is 22.9 Å². The molecule has 130 valence electrons. The highest BCUT2D eigenvalue weighted by Crippen LogP contribution is 2.21. The molecule has 0 fully saturated rings. The predicted molar refractivity (Wildman–Crippen MR) is 95.3 cm³/mol. The Bertz CT molecular complexity index is 673. The van der Waals surface area contributed by atoms with Crippen LogP contribution in [0, 0.1) is 6.92 Å². The zero-order valence-corrected chi connectivity index (χ0v) is 14.8. The summed E-state index contributed by atoms with van der Waals surface area (Å²) in [5, 5.41) is 5.36. The number of anilines is 1. The molecule has 0 bridgehead atoms. The molecule has 2 rings (SSSR count). The third-order valence-corrected chi connectivity index (χ3v) is 4.36. The Morgan fingerprint density at radius 2 is 2.12 bits per heavy atom. The van der Waals surface area contributed by atoms with E-state index in [0.29, 0.717) is 38.7 Å². The topological polar surface area (TPSA) is 86.5 Å². The van der Waals surface area contributed by atoms with Crippen LogP contribution in [0.2, 0.25) is 0 Å². The van der Waals surface area contributed by atoms with Gasteiger partial charge in [0.05, 0.1) is 19.8 Å². The van der Waals surface area contributed by atoms with E-state index in [1.54, 1.807) is 5.38 Å². The van der Waals surface area contributed by atoms with E-state index in [-0.39, 0.29) is 5.91 Å². The number of hydrogen-bond acceptors (Lipinski definition) is 6. The molecule has 0 saturated carbocycles. The second kappa shape index (κ2) is 9.48. The third kappa shape index (κ3) is 5.10. The molecule has 7 heteroatoms. The largest absolute Gasteiger partial charge is 0.379 e. The van der Waals surface area contributed by atoms with E-state index in [2.05, 4.69) is 10.3 Å². The lowest BCUT2D eigenvalue weighted by Crippen LogP contribution is -2.14. The number of benzene rings is 1. The number of hydrogen-bond donors (Lipinski definition) is 2. The van der Waals surface area contributed by atoms with Crippen molar-refractivity contribution in [3.8, 4) is 0 Å². The van der Waals surface area contributed by atoms with Gasteiger partial charge in [-0.2, -0.15) is 0 Å². The first-order valence-electron chi connectivity index (χ1n) is 7.85. The zero-order valence-electron chi connectivity index (χ0n) is 14.0. The number of nitrogens with one attached hydrogen (secondary N) is 1. The van der Waals surface area contributed by atoms with E-state index in [1.807, 2.05) is 32.0 Å². The first-order valence-corrected chi connectivity index (χ1v) is 8.73. The van der Waals surface area contributed by atoms with Crippen LogP contribution >= 0.6 is 11.3 Å². The molecule has 1 aromatic carbocycles. The van der Waals surface area contributed by atoms with E-state index in [4.69, 9.17) is 15.2 Å². The van der Waals surface area contributed by atoms with Crippen LogP contribution < -0.4 is 11.1 Å². The molecule has 2 aromatic rings. The maximum Gasteiger partial charge on any atom is 0.275 e. The summed E-state index contributed by atoms with van der Waals surface area (Å²) in [5.41, 5.74) is 8.69. The SMILES string of the molecule is CCOCCOCc1cccc(NC(=O)c2csc(CN)n2)c1C. The lowest BCUT2D eigenvalue weighted by Gasteiger charge is -2.12. The molecule has 24 heavy (non-hydrogen) atoms. The molecule has 3 N–H and O–H groups in total. The van der Waals surface area contributed by atoms with Crippen LogP contribution in [0.15, 0.2) is 23.6 Å². The number of amides is 1. The Kier molecular flexibility index (Phi) is 7.33. The standard InChI is InChI=1S/C17H23N3O3S/c1-3-22-7-8-23-10-13-5-4-6-14(12(13)2)20-17(21)15-11-24-16(9-18)19-15/h4-6,11H,3,7-10,18H2,1-2H3,(H,20,21). The fourth-order valence-electron chi connectivity index (χ4n) is 2.11. The van der Waals surface area contributed by atoms with Crippen molar-refractivity contribution in [2.45, 2.75) is 27.0 Å². The summed E-state index contributed by atoms with van der Waals surface area (Å²) in [6.45, 7) is 6.55. The number of carbonyl (C=O) groups excluding carboxylic acids is 1. The quantitative estimate of drug-likeness (QED) is 0.680. The first-order chi connectivity index (χ1) is 11.7. The van der Waals surface area contributed by atoms with E-state index >= 15 is 0 Å². The minimum absolute atomic E-state index is 0.233. The van der Waals surface area contributed by atoms with Gasteiger partial charge >= 0.3 is 0 Å². The van der Waals surface area contributed by atoms with E-state index in [1.165, 1.54) is 11.3 Å². The van der Waals surface area contributed by atoms with Crippen LogP contribution in [0.25, 0.3) is 0 Å². The van der Waals surface area contributed by atoms with Gasteiger partial charge in [-0.25, -0.2) is 4.98 Å². The Balaban J connectivity index is 1.97. The summed E-state index contributed by atoms with van der Waals surface area (Å²) in [6, 6.07) is 5.75. The average Bonchev–Trinajstić information content (AvgIpc) is 3.07. The molecule has 1 amide bonds. The molecule has 0 unspecified atom stereocenters. The maximum atomic E-state index is 12.3. The molecule has 1 aromatic heterocycles. The van der Waals surface area contributed by atoms with Crippen LogP contribution in [0.1, 0.15) is 33.5 Å². The van der Waals surface area contributed by atoms with Crippen molar-refractivity contribution in [3.63, 3.8) is 0 Å². The highest BCUT2D eigenvalue weighted by atomic mass is 32.1. The molecule has 0 radical (unpaired) electrons. The Labute approximate surface area is 146 Å². The molecular formula is C17H23N3O3S. The molecule has 0 spiro atoms. The highest BCUT2D eigenvalue weighted by molar-refractivity contribution is 7.09. The van der Waals surface area contributed by atoms with Gasteiger partial charge in [-0.15, -0.1) is 11.3 Å². The molecule has 0 saturated heterocycles. The molecule has 0 atom stereocenters. The summed E-state index contributed by atoms with van der Waals surface area (Å²) < 4.78 is 10.8. The lowest BCUT2D eigenvalue weighted by molar-refractivity contribution is 0.0451. The van der Waals surface area contributed by atoms with Gasteiger partial charge in [0.2, 0.25) is 0 Å². The van der Waals surface area contributed by atoms with E-state index in [0.717, 1.165) is 21.8 Å². The number of rotatable bonds is 9. The number of carbonyl (C=O) groups is 1. The van der Waals surface area contributed by atoms with Crippen LogP contribution in [-0.4, -0.2) is 30.7 Å². The summed E-state index contributed by atoms with van der Waals surface area (Å²) in [6.07, 6.45) is 0. The van der Waals surface area contributed by atoms with Crippen molar-refractivity contribution in [1.82, 2.24) is 4.98 Å². The van der Waals surface area contributed by atoms with Gasteiger partial charge < -0.3 is 20.5 Å². The number of thiazole rings is 1. The lowest BCUT2D eigenvalue weighted by atomic mass is 10.1. The predicted octanol–water partition coefficient (Wildman–Crippen LogP) is 2.72. The van der Waals surface area contributed by atoms with Crippen molar-refractivity contribution in [1.29, 1.82) is 0 Å². The molecule has 6 nitrogen and oxygen atoms in total. The van der Waals surface area contributed by atoms with E-state index in [9.17, 15) is 4.79 Å². The summed E-state index contributed by atoms with van der Waals surface area (Å²) in [5.74, 6) is -0.233. The monoisotopic (exact) mass is 349 g/mol. The minimum atomic E-state index is -0.233. The Hall–Kier alpha value is -1.80.